The fourth-order valence-corrected chi connectivity index (χ4v) is 2.87. The molecule has 0 bridgehead atoms. The number of hydrogen-bond donors (Lipinski definition) is 2. The molecule has 0 aliphatic rings. The summed E-state index contributed by atoms with van der Waals surface area (Å²) >= 11 is 0. The SMILES string of the molecule is NC(=O)c1ccc(Oc2cccc(-n3cnc4ccc(C(=O)O)cc43)c2)cc1. The van der Waals surface area contributed by atoms with Gasteiger partial charge in [0.15, 0.2) is 0 Å². The third-order valence-electron chi connectivity index (χ3n) is 4.26. The Balaban J connectivity index is 1.67. The number of imidazole rings is 1. The molecule has 1 amide bonds. The van der Waals surface area contributed by atoms with Crippen molar-refractivity contribution in [2.24, 2.45) is 5.73 Å². The summed E-state index contributed by atoms with van der Waals surface area (Å²) < 4.78 is 7.64. The zero-order valence-electron chi connectivity index (χ0n) is 14.6. The number of hydrogen-bond acceptors (Lipinski definition) is 4. The lowest BCUT2D eigenvalue weighted by molar-refractivity contribution is 0.0696. The summed E-state index contributed by atoms with van der Waals surface area (Å²) in [5, 5.41) is 9.23. The Morgan fingerprint density at radius 2 is 1.68 bits per heavy atom. The van der Waals surface area contributed by atoms with Crippen LogP contribution in [-0.4, -0.2) is 26.5 Å². The second-order valence-electron chi connectivity index (χ2n) is 6.11. The molecular formula is C21H15N3O4. The van der Waals surface area contributed by atoms with Crippen LogP contribution >= 0.6 is 0 Å². The average Bonchev–Trinajstić information content (AvgIpc) is 3.12. The predicted molar refractivity (Wildman–Crippen MR) is 103 cm³/mol. The van der Waals surface area contributed by atoms with Gasteiger partial charge in [-0.2, -0.15) is 0 Å². The van der Waals surface area contributed by atoms with Crippen molar-refractivity contribution in [3.8, 4) is 17.2 Å². The number of benzene rings is 3. The van der Waals surface area contributed by atoms with Crippen molar-refractivity contribution in [2.75, 3.05) is 0 Å². The van der Waals surface area contributed by atoms with Crippen LogP contribution in [0, 0.1) is 0 Å². The third-order valence-corrected chi connectivity index (χ3v) is 4.26. The second kappa shape index (κ2) is 6.88. The molecule has 0 atom stereocenters. The molecule has 28 heavy (non-hydrogen) atoms. The van der Waals surface area contributed by atoms with Gasteiger partial charge in [-0.1, -0.05) is 6.07 Å². The molecule has 0 aliphatic heterocycles. The predicted octanol–water partition coefficient (Wildman–Crippen LogP) is 3.61. The van der Waals surface area contributed by atoms with E-state index in [1.807, 2.05) is 18.2 Å². The number of carbonyl (C=O) groups excluding carboxylic acids is 1. The molecule has 1 heterocycles. The molecule has 7 heteroatoms. The van der Waals surface area contributed by atoms with E-state index in [2.05, 4.69) is 4.98 Å². The first-order valence-electron chi connectivity index (χ1n) is 8.40. The lowest BCUT2D eigenvalue weighted by Gasteiger charge is -2.09. The van der Waals surface area contributed by atoms with Crippen molar-refractivity contribution in [3.05, 3.63) is 84.2 Å². The number of carboxylic acids is 1. The van der Waals surface area contributed by atoms with Gasteiger partial charge in [-0.05, 0) is 54.6 Å². The van der Waals surface area contributed by atoms with Crippen molar-refractivity contribution in [1.29, 1.82) is 0 Å². The molecule has 0 aliphatic carbocycles. The van der Waals surface area contributed by atoms with E-state index in [1.165, 1.54) is 6.07 Å². The number of amides is 1. The molecule has 0 unspecified atom stereocenters. The number of carboxylic acid groups (broad SMARTS) is 1. The lowest BCUT2D eigenvalue weighted by atomic mass is 10.2. The topological polar surface area (TPSA) is 107 Å². The molecule has 0 saturated carbocycles. The molecular weight excluding hydrogens is 358 g/mol. The fourth-order valence-electron chi connectivity index (χ4n) is 2.87. The van der Waals surface area contributed by atoms with Gasteiger partial charge in [0.2, 0.25) is 5.91 Å². The van der Waals surface area contributed by atoms with Crippen molar-refractivity contribution >= 4 is 22.9 Å². The Bertz CT molecular complexity index is 1200. The maximum atomic E-state index is 11.3. The summed E-state index contributed by atoms with van der Waals surface area (Å²) in [5.74, 6) is -0.348. The highest BCUT2D eigenvalue weighted by Crippen LogP contribution is 2.26. The maximum absolute atomic E-state index is 11.3. The average molecular weight is 373 g/mol. The van der Waals surface area contributed by atoms with E-state index in [0.717, 1.165) is 5.69 Å². The Morgan fingerprint density at radius 1 is 0.929 bits per heavy atom. The first-order valence-corrected chi connectivity index (χ1v) is 8.40. The van der Waals surface area contributed by atoms with E-state index in [1.54, 1.807) is 53.4 Å². The van der Waals surface area contributed by atoms with Gasteiger partial charge in [-0.3, -0.25) is 9.36 Å². The van der Waals surface area contributed by atoms with Crippen molar-refractivity contribution in [3.63, 3.8) is 0 Å². The van der Waals surface area contributed by atoms with Crippen LogP contribution in [0.1, 0.15) is 20.7 Å². The molecule has 4 rings (SSSR count). The Kier molecular flexibility index (Phi) is 4.25. The zero-order valence-corrected chi connectivity index (χ0v) is 14.6. The van der Waals surface area contributed by atoms with E-state index < -0.39 is 11.9 Å². The van der Waals surface area contributed by atoms with Crippen LogP contribution in [0.15, 0.2) is 73.1 Å². The first kappa shape index (κ1) is 17.3. The number of nitrogens with zero attached hydrogens (tertiary/aromatic N) is 2. The van der Waals surface area contributed by atoms with Crippen molar-refractivity contribution in [1.82, 2.24) is 9.55 Å². The van der Waals surface area contributed by atoms with Crippen LogP contribution in [0.5, 0.6) is 11.5 Å². The fraction of sp³-hybridized carbons (Fsp3) is 0. The summed E-state index contributed by atoms with van der Waals surface area (Å²) in [6.07, 6.45) is 1.64. The summed E-state index contributed by atoms with van der Waals surface area (Å²) in [6, 6.07) is 18.6. The van der Waals surface area contributed by atoms with Crippen molar-refractivity contribution < 1.29 is 19.4 Å². The van der Waals surface area contributed by atoms with Gasteiger partial charge in [0.25, 0.3) is 0 Å². The van der Waals surface area contributed by atoms with Gasteiger partial charge in [0.05, 0.1) is 22.3 Å². The van der Waals surface area contributed by atoms with E-state index in [0.29, 0.717) is 28.1 Å². The largest absolute Gasteiger partial charge is 0.478 e. The molecule has 4 aromatic rings. The monoisotopic (exact) mass is 373 g/mol. The third kappa shape index (κ3) is 3.28. The summed E-state index contributed by atoms with van der Waals surface area (Å²) in [4.78, 5) is 26.7. The van der Waals surface area contributed by atoms with Crippen LogP contribution in [0.25, 0.3) is 16.7 Å². The van der Waals surface area contributed by atoms with Crippen LogP contribution in [-0.2, 0) is 0 Å². The highest BCUT2D eigenvalue weighted by atomic mass is 16.5. The minimum absolute atomic E-state index is 0.191. The van der Waals surface area contributed by atoms with E-state index in [9.17, 15) is 14.7 Å². The maximum Gasteiger partial charge on any atom is 0.335 e. The van der Waals surface area contributed by atoms with Gasteiger partial charge < -0.3 is 15.6 Å². The molecule has 138 valence electrons. The second-order valence-corrected chi connectivity index (χ2v) is 6.11. The number of nitrogens with two attached hydrogens (primary N) is 1. The number of aromatic nitrogens is 2. The number of ether oxygens (including phenoxy) is 1. The highest BCUT2D eigenvalue weighted by molar-refractivity contribution is 5.93. The van der Waals surface area contributed by atoms with Crippen LogP contribution < -0.4 is 10.5 Å². The van der Waals surface area contributed by atoms with Gasteiger partial charge in [0.1, 0.15) is 17.8 Å². The molecule has 7 nitrogen and oxygen atoms in total. The van der Waals surface area contributed by atoms with E-state index in [-0.39, 0.29) is 5.56 Å². The number of carbonyl (C=O) groups is 2. The molecule has 0 radical (unpaired) electrons. The molecule has 3 N–H and O–H groups in total. The Hall–Kier alpha value is -4.13. The minimum atomic E-state index is -0.994. The van der Waals surface area contributed by atoms with E-state index in [4.69, 9.17) is 10.5 Å². The number of rotatable bonds is 5. The van der Waals surface area contributed by atoms with E-state index >= 15 is 0 Å². The molecule has 1 aromatic heterocycles. The smallest absolute Gasteiger partial charge is 0.335 e. The summed E-state index contributed by atoms with van der Waals surface area (Å²) in [7, 11) is 0. The number of aromatic carboxylic acids is 1. The van der Waals surface area contributed by atoms with Crippen molar-refractivity contribution in [2.45, 2.75) is 0 Å². The molecule has 3 aromatic carbocycles. The van der Waals surface area contributed by atoms with Gasteiger partial charge in [-0.15, -0.1) is 0 Å². The zero-order chi connectivity index (χ0) is 19.7. The van der Waals surface area contributed by atoms with Gasteiger partial charge >= 0.3 is 5.97 Å². The first-order chi connectivity index (χ1) is 13.5. The number of fused-ring (bicyclic) bond motifs is 1. The standard InChI is InChI=1S/C21H15N3O4/c22-20(25)13-4-7-16(8-5-13)28-17-3-1-2-15(11-17)24-12-23-18-9-6-14(21(26)27)10-19(18)24/h1-12H,(H2,22,25)(H,26,27). The molecule has 0 fully saturated rings. The Labute approximate surface area is 159 Å². The molecule has 0 spiro atoms. The van der Waals surface area contributed by atoms with Crippen LogP contribution in [0.3, 0.4) is 0 Å². The summed E-state index contributed by atoms with van der Waals surface area (Å²) in [6.45, 7) is 0. The minimum Gasteiger partial charge on any atom is -0.478 e. The number of primary amides is 1. The normalized spacial score (nSPS) is 10.7. The highest BCUT2D eigenvalue weighted by Gasteiger charge is 2.10. The van der Waals surface area contributed by atoms with Crippen LogP contribution in [0.2, 0.25) is 0 Å². The Morgan fingerprint density at radius 3 is 2.39 bits per heavy atom. The van der Waals surface area contributed by atoms with Gasteiger partial charge in [-0.25, -0.2) is 9.78 Å². The lowest BCUT2D eigenvalue weighted by Crippen LogP contribution is -2.10. The van der Waals surface area contributed by atoms with Gasteiger partial charge in [0, 0.05) is 11.6 Å². The quantitative estimate of drug-likeness (QED) is 0.556. The molecule has 0 saturated heterocycles. The summed E-state index contributed by atoms with van der Waals surface area (Å²) in [5.41, 5.74) is 7.98. The van der Waals surface area contributed by atoms with Crippen LogP contribution in [0.4, 0.5) is 0 Å².